The number of methoxy groups -OCH3 is 1. The summed E-state index contributed by atoms with van der Waals surface area (Å²) >= 11 is 5.98. The van der Waals surface area contributed by atoms with Crippen LogP contribution in [0.1, 0.15) is 5.56 Å². The van der Waals surface area contributed by atoms with Crippen LogP contribution in [-0.2, 0) is 6.42 Å². The van der Waals surface area contributed by atoms with Gasteiger partial charge in [0.25, 0.3) is 0 Å². The minimum Gasteiger partial charge on any atom is -0.496 e. The molecule has 100 valence electrons. The summed E-state index contributed by atoms with van der Waals surface area (Å²) in [6, 6.07) is 9.43. The van der Waals surface area contributed by atoms with Crippen LogP contribution in [0.15, 0.2) is 42.7 Å². The maximum absolute atomic E-state index is 5.98. The van der Waals surface area contributed by atoms with E-state index < -0.39 is 0 Å². The highest BCUT2D eigenvalue weighted by atomic mass is 35.5. The number of halogens is 1. The summed E-state index contributed by atoms with van der Waals surface area (Å²) in [4.78, 5) is 3.95. The van der Waals surface area contributed by atoms with E-state index in [0.29, 0.717) is 0 Å². The van der Waals surface area contributed by atoms with Gasteiger partial charge in [0.05, 0.1) is 12.8 Å². The molecule has 0 radical (unpaired) electrons. The van der Waals surface area contributed by atoms with Crippen molar-refractivity contribution < 1.29 is 4.74 Å². The van der Waals surface area contributed by atoms with Gasteiger partial charge in [-0.05, 0) is 42.3 Å². The van der Waals surface area contributed by atoms with Crippen molar-refractivity contribution in [3.63, 3.8) is 0 Å². The highest BCUT2D eigenvalue weighted by Crippen LogP contribution is 2.22. The molecule has 2 N–H and O–H groups in total. The molecule has 0 saturated heterocycles. The van der Waals surface area contributed by atoms with Gasteiger partial charge in [0, 0.05) is 24.0 Å². The Morgan fingerprint density at radius 3 is 2.74 bits per heavy atom. The quantitative estimate of drug-likeness (QED) is 0.630. The molecule has 0 aliphatic rings. The molecule has 0 amide bonds. The second-order valence-electron chi connectivity index (χ2n) is 3.99. The fourth-order valence-electron chi connectivity index (χ4n) is 1.74. The first kappa shape index (κ1) is 13.6. The summed E-state index contributed by atoms with van der Waals surface area (Å²) in [6.45, 7) is 0.763. The monoisotopic (exact) mass is 277 g/mol. The fourth-order valence-corrected chi connectivity index (χ4v) is 1.93. The second-order valence-corrected chi connectivity index (χ2v) is 4.43. The van der Waals surface area contributed by atoms with Gasteiger partial charge in [-0.1, -0.05) is 11.6 Å². The summed E-state index contributed by atoms with van der Waals surface area (Å²) in [5, 5.41) is 0.720. The highest BCUT2D eigenvalue weighted by Gasteiger charge is 2.03. The number of pyridine rings is 1. The summed E-state index contributed by atoms with van der Waals surface area (Å²) in [7, 11) is 1.66. The Hall–Kier alpha value is -1.78. The molecule has 0 aliphatic heterocycles. The van der Waals surface area contributed by atoms with Crippen molar-refractivity contribution >= 4 is 17.3 Å². The van der Waals surface area contributed by atoms with Gasteiger partial charge in [-0.3, -0.25) is 4.98 Å². The van der Waals surface area contributed by atoms with Crippen molar-refractivity contribution in [3.05, 3.63) is 53.3 Å². The minimum atomic E-state index is 0.720. The largest absolute Gasteiger partial charge is 0.496 e. The molecule has 1 aromatic carbocycles. The fraction of sp³-hybridized carbons (Fsp3) is 0.214. The maximum Gasteiger partial charge on any atom is 0.122 e. The molecule has 0 atom stereocenters. The predicted molar refractivity (Wildman–Crippen MR) is 77.6 cm³/mol. The number of benzene rings is 1. The molecular weight excluding hydrogens is 262 g/mol. The predicted octanol–water partition coefficient (Wildman–Crippen LogP) is 2.90. The van der Waals surface area contributed by atoms with Crippen molar-refractivity contribution in [2.24, 2.45) is 0 Å². The average Bonchev–Trinajstić information content (AvgIpc) is 2.45. The molecule has 0 spiro atoms. The first-order chi connectivity index (χ1) is 9.29. The third kappa shape index (κ3) is 4.12. The zero-order valence-electron chi connectivity index (χ0n) is 10.7. The van der Waals surface area contributed by atoms with Crippen LogP contribution in [0.25, 0.3) is 0 Å². The summed E-state index contributed by atoms with van der Waals surface area (Å²) in [5.74, 6) is 0.857. The maximum atomic E-state index is 5.98. The number of nitrogens with zero attached hydrogens (tertiary/aromatic N) is 1. The Kier molecular flexibility index (Phi) is 5.01. The van der Waals surface area contributed by atoms with E-state index in [1.54, 1.807) is 19.5 Å². The van der Waals surface area contributed by atoms with Crippen molar-refractivity contribution in [2.75, 3.05) is 19.1 Å². The molecular formula is C14H16ClN3O. The molecule has 19 heavy (non-hydrogen) atoms. The molecule has 5 heteroatoms. The minimum absolute atomic E-state index is 0.720. The van der Waals surface area contributed by atoms with Crippen molar-refractivity contribution in [1.29, 1.82) is 0 Å². The Morgan fingerprint density at radius 2 is 2.00 bits per heavy atom. The van der Waals surface area contributed by atoms with E-state index >= 15 is 0 Å². The number of nitrogens with one attached hydrogen (secondary N) is 2. The molecule has 1 aromatic heterocycles. The van der Waals surface area contributed by atoms with Crippen molar-refractivity contribution in [1.82, 2.24) is 10.4 Å². The van der Waals surface area contributed by atoms with E-state index in [4.69, 9.17) is 16.3 Å². The van der Waals surface area contributed by atoms with Gasteiger partial charge >= 0.3 is 0 Å². The number of anilines is 1. The lowest BCUT2D eigenvalue weighted by Gasteiger charge is -2.11. The van der Waals surface area contributed by atoms with Crippen LogP contribution in [0.3, 0.4) is 0 Å². The standard InChI is InChI=1S/C14H16ClN3O/c1-19-14-3-2-12(15)10-11(14)4-9-17-18-13-5-7-16-8-6-13/h2-3,5-8,10,17H,4,9H2,1H3,(H,16,18). The van der Waals surface area contributed by atoms with E-state index in [0.717, 1.165) is 35.0 Å². The number of rotatable bonds is 6. The second kappa shape index (κ2) is 6.97. The lowest BCUT2D eigenvalue weighted by molar-refractivity contribution is 0.409. The highest BCUT2D eigenvalue weighted by molar-refractivity contribution is 6.30. The molecule has 1 heterocycles. The van der Waals surface area contributed by atoms with E-state index in [1.165, 1.54) is 0 Å². The third-order valence-electron chi connectivity index (χ3n) is 2.67. The van der Waals surface area contributed by atoms with Crippen molar-refractivity contribution in [3.8, 4) is 5.75 Å². The average molecular weight is 278 g/mol. The Labute approximate surface area is 117 Å². The van der Waals surface area contributed by atoms with Crippen LogP contribution in [0.2, 0.25) is 5.02 Å². The smallest absolute Gasteiger partial charge is 0.122 e. The molecule has 2 aromatic rings. The topological polar surface area (TPSA) is 46.2 Å². The Morgan fingerprint density at radius 1 is 1.21 bits per heavy atom. The Bertz CT molecular complexity index is 519. The Balaban J connectivity index is 1.84. The SMILES string of the molecule is COc1ccc(Cl)cc1CCNNc1ccncc1. The first-order valence-electron chi connectivity index (χ1n) is 6.01. The van der Waals surface area contributed by atoms with E-state index in [1.807, 2.05) is 30.3 Å². The lowest BCUT2D eigenvalue weighted by Crippen LogP contribution is -2.24. The summed E-state index contributed by atoms with van der Waals surface area (Å²) in [5.41, 5.74) is 8.31. The number of hydrazine groups is 1. The van der Waals surface area contributed by atoms with Gasteiger partial charge in [-0.2, -0.15) is 0 Å². The molecule has 0 unspecified atom stereocenters. The van der Waals surface area contributed by atoms with Gasteiger partial charge < -0.3 is 10.2 Å². The molecule has 0 aliphatic carbocycles. The van der Waals surface area contributed by atoms with E-state index in [9.17, 15) is 0 Å². The molecule has 2 rings (SSSR count). The van der Waals surface area contributed by atoms with Gasteiger partial charge in [-0.15, -0.1) is 0 Å². The van der Waals surface area contributed by atoms with Crippen LogP contribution >= 0.6 is 11.6 Å². The third-order valence-corrected chi connectivity index (χ3v) is 2.91. The van der Waals surface area contributed by atoms with Crippen LogP contribution in [0, 0.1) is 0 Å². The number of ether oxygens (including phenoxy) is 1. The lowest BCUT2D eigenvalue weighted by atomic mass is 10.1. The van der Waals surface area contributed by atoms with E-state index in [2.05, 4.69) is 15.8 Å². The van der Waals surface area contributed by atoms with Crippen LogP contribution in [-0.4, -0.2) is 18.6 Å². The number of hydrogen-bond acceptors (Lipinski definition) is 4. The van der Waals surface area contributed by atoms with Gasteiger partial charge in [0.2, 0.25) is 0 Å². The van der Waals surface area contributed by atoms with Crippen LogP contribution in [0.4, 0.5) is 5.69 Å². The molecule has 0 fully saturated rings. The summed E-state index contributed by atoms with van der Waals surface area (Å²) < 4.78 is 5.30. The van der Waals surface area contributed by atoms with Crippen LogP contribution < -0.4 is 15.6 Å². The zero-order valence-corrected chi connectivity index (χ0v) is 11.4. The van der Waals surface area contributed by atoms with Crippen LogP contribution in [0.5, 0.6) is 5.75 Å². The number of hydrogen-bond donors (Lipinski definition) is 2. The normalized spacial score (nSPS) is 10.2. The van der Waals surface area contributed by atoms with Gasteiger partial charge in [0.1, 0.15) is 5.75 Å². The molecule has 0 saturated carbocycles. The van der Waals surface area contributed by atoms with E-state index in [-0.39, 0.29) is 0 Å². The van der Waals surface area contributed by atoms with Gasteiger partial charge in [-0.25, -0.2) is 5.43 Å². The summed E-state index contributed by atoms with van der Waals surface area (Å²) in [6.07, 6.45) is 4.30. The number of aromatic nitrogens is 1. The van der Waals surface area contributed by atoms with Gasteiger partial charge in [0.15, 0.2) is 0 Å². The first-order valence-corrected chi connectivity index (χ1v) is 6.38. The molecule has 4 nitrogen and oxygen atoms in total. The molecule has 0 bridgehead atoms. The zero-order chi connectivity index (χ0) is 13.5. The van der Waals surface area contributed by atoms with Crippen molar-refractivity contribution in [2.45, 2.75) is 6.42 Å².